The van der Waals surface area contributed by atoms with Crippen LogP contribution >= 0.6 is 15.9 Å². The molecular weight excluding hydrogens is 282 g/mol. The van der Waals surface area contributed by atoms with E-state index in [1.54, 1.807) is 6.07 Å². The SMILES string of the molecule is O=C(O)c1cc(Br)c2c(c1)CCN2C1CCC1. The van der Waals surface area contributed by atoms with Gasteiger partial charge in [0.2, 0.25) is 0 Å². The number of nitrogens with zero attached hydrogens (tertiary/aromatic N) is 1. The van der Waals surface area contributed by atoms with E-state index >= 15 is 0 Å². The minimum absolute atomic E-state index is 0.381. The molecule has 1 aliphatic carbocycles. The summed E-state index contributed by atoms with van der Waals surface area (Å²) >= 11 is 3.52. The largest absolute Gasteiger partial charge is 0.478 e. The standard InChI is InChI=1S/C13H14BrNO2/c14-11-7-9(13(16)17)6-8-4-5-15(12(8)11)10-2-1-3-10/h6-7,10H,1-5H2,(H,16,17). The predicted octanol–water partition coefficient (Wildman–Crippen LogP) is 3.06. The molecular formula is C13H14BrNO2. The highest BCUT2D eigenvalue weighted by Gasteiger charge is 2.32. The Labute approximate surface area is 109 Å². The van der Waals surface area contributed by atoms with E-state index in [4.69, 9.17) is 5.11 Å². The van der Waals surface area contributed by atoms with Gasteiger partial charge in [0.25, 0.3) is 0 Å². The van der Waals surface area contributed by atoms with E-state index in [1.807, 2.05) is 6.07 Å². The number of benzene rings is 1. The maximum Gasteiger partial charge on any atom is 0.335 e. The van der Waals surface area contributed by atoms with Gasteiger partial charge in [0.15, 0.2) is 0 Å². The summed E-state index contributed by atoms with van der Waals surface area (Å²) in [5.41, 5.74) is 2.77. The van der Waals surface area contributed by atoms with E-state index in [-0.39, 0.29) is 0 Å². The van der Waals surface area contributed by atoms with E-state index in [0.29, 0.717) is 11.6 Å². The number of rotatable bonds is 2. The van der Waals surface area contributed by atoms with Gasteiger partial charge in [-0.15, -0.1) is 0 Å². The predicted molar refractivity (Wildman–Crippen MR) is 69.8 cm³/mol. The molecule has 1 aromatic carbocycles. The topological polar surface area (TPSA) is 40.5 Å². The fourth-order valence-corrected chi connectivity index (χ4v) is 3.44. The Morgan fingerprint density at radius 3 is 2.76 bits per heavy atom. The van der Waals surface area contributed by atoms with Crippen LogP contribution in [0.3, 0.4) is 0 Å². The number of hydrogen-bond acceptors (Lipinski definition) is 2. The molecule has 0 spiro atoms. The summed E-state index contributed by atoms with van der Waals surface area (Å²) in [6, 6.07) is 4.21. The zero-order chi connectivity index (χ0) is 12.0. The number of hydrogen-bond donors (Lipinski definition) is 1. The number of carboxylic acids is 1. The lowest BCUT2D eigenvalue weighted by Gasteiger charge is -2.37. The first-order valence-electron chi connectivity index (χ1n) is 5.99. The molecule has 1 N–H and O–H groups in total. The highest BCUT2D eigenvalue weighted by Crippen LogP contribution is 2.41. The fourth-order valence-electron chi connectivity index (χ4n) is 2.71. The van der Waals surface area contributed by atoms with Crippen LogP contribution < -0.4 is 4.90 Å². The Balaban J connectivity index is 2.01. The van der Waals surface area contributed by atoms with Crippen molar-refractivity contribution >= 4 is 27.6 Å². The van der Waals surface area contributed by atoms with Gasteiger partial charge in [-0.25, -0.2) is 4.79 Å². The molecule has 1 aliphatic heterocycles. The Morgan fingerprint density at radius 1 is 1.41 bits per heavy atom. The average molecular weight is 296 g/mol. The molecule has 1 heterocycles. The molecule has 0 unspecified atom stereocenters. The Hall–Kier alpha value is -1.03. The van der Waals surface area contributed by atoms with Crippen LogP contribution in [0.2, 0.25) is 0 Å². The molecule has 1 aromatic rings. The van der Waals surface area contributed by atoms with Crippen LogP contribution in [0.1, 0.15) is 35.2 Å². The van der Waals surface area contributed by atoms with Crippen LogP contribution in [0.5, 0.6) is 0 Å². The molecule has 17 heavy (non-hydrogen) atoms. The van der Waals surface area contributed by atoms with Crippen LogP contribution in [0.25, 0.3) is 0 Å². The normalized spacial score (nSPS) is 19.0. The van der Waals surface area contributed by atoms with Gasteiger partial charge in [-0.2, -0.15) is 0 Å². The number of aromatic carboxylic acids is 1. The Bertz CT molecular complexity index is 483. The third-order valence-electron chi connectivity index (χ3n) is 3.81. The molecule has 90 valence electrons. The second kappa shape index (κ2) is 4.02. The van der Waals surface area contributed by atoms with Gasteiger partial charge in [0, 0.05) is 17.1 Å². The lowest BCUT2D eigenvalue weighted by molar-refractivity contribution is 0.0696. The maximum atomic E-state index is 11.0. The molecule has 0 aromatic heterocycles. The van der Waals surface area contributed by atoms with Gasteiger partial charge < -0.3 is 10.0 Å². The van der Waals surface area contributed by atoms with Crippen LogP contribution in [0.4, 0.5) is 5.69 Å². The first-order valence-corrected chi connectivity index (χ1v) is 6.78. The zero-order valence-corrected chi connectivity index (χ0v) is 11.0. The van der Waals surface area contributed by atoms with Crippen molar-refractivity contribution < 1.29 is 9.90 Å². The van der Waals surface area contributed by atoms with Crippen molar-refractivity contribution in [2.45, 2.75) is 31.7 Å². The lowest BCUT2D eigenvalue weighted by Crippen LogP contribution is -2.39. The number of carbonyl (C=O) groups is 1. The summed E-state index contributed by atoms with van der Waals surface area (Å²) in [5, 5.41) is 9.04. The van der Waals surface area contributed by atoms with Crippen molar-refractivity contribution in [1.29, 1.82) is 0 Å². The van der Waals surface area contributed by atoms with Gasteiger partial charge in [-0.1, -0.05) is 0 Å². The Kier molecular flexibility index (Phi) is 2.62. The summed E-state index contributed by atoms with van der Waals surface area (Å²) in [7, 11) is 0. The van der Waals surface area contributed by atoms with Crippen LogP contribution in [0.15, 0.2) is 16.6 Å². The van der Waals surface area contributed by atoms with Gasteiger partial charge in [-0.3, -0.25) is 0 Å². The molecule has 1 saturated carbocycles. The molecule has 3 rings (SSSR count). The average Bonchev–Trinajstić information content (AvgIpc) is 2.59. The highest BCUT2D eigenvalue weighted by atomic mass is 79.9. The van der Waals surface area contributed by atoms with Crippen molar-refractivity contribution in [2.24, 2.45) is 0 Å². The molecule has 3 nitrogen and oxygen atoms in total. The second-order valence-corrected chi connectivity index (χ2v) is 5.65. The van der Waals surface area contributed by atoms with E-state index in [2.05, 4.69) is 20.8 Å². The van der Waals surface area contributed by atoms with Crippen LogP contribution in [-0.2, 0) is 6.42 Å². The number of fused-ring (bicyclic) bond motifs is 1. The summed E-state index contributed by atoms with van der Waals surface area (Å²) in [6.45, 7) is 1.03. The van der Waals surface area contributed by atoms with E-state index in [1.165, 1.54) is 30.5 Å². The monoisotopic (exact) mass is 295 g/mol. The quantitative estimate of drug-likeness (QED) is 0.912. The molecule has 4 heteroatoms. The highest BCUT2D eigenvalue weighted by molar-refractivity contribution is 9.10. The van der Waals surface area contributed by atoms with Gasteiger partial charge in [-0.05, 0) is 59.3 Å². The first-order chi connectivity index (χ1) is 8.16. The molecule has 0 saturated heterocycles. The van der Waals surface area contributed by atoms with E-state index < -0.39 is 5.97 Å². The van der Waals surface area contributed by atoms with E-state index in [9.17, 15) is 4.79 Å². The summed E-state index contributed by atoms with van der Waals surface area (Å²) in [6.07, 6.45) is 4.83. The maximum absolute atomic E-state index is 11.0. The molecule has 0 bridgehead atoms. The van der Waals surface area contributed by atoms with E-state index in [0.717, 1.165) is 17.4 Å². The fraction of sp³-hybridized carbons (Fsp3) is 0.462. The summed E-state index contributed by atoms with van der Waals surface area (Å²) in [4.78, 5) is 13.4. The van der Waals surface area contributed by atoms with Crippen molar-refractivity contribution in [2.75, 3.05) is 11.4 Å². The molecule has 0 amide bonds. The molecule has 0 atom stereocenters. The minimum atomic E-state index is -0.851. The molecule has 2 aliphatic rings. The van der Waals surface area contributed by atoms with Crippen molar-refractivity contribution in [3.8, 4) is 0 Å². The number of halogens is 1. The molecule has 1 fully saturated rings. The van der Waals surface area contributed by atoms with Gasteiger partial charge in [0.05, 0.1) is 11.3 Å². The van der Waals surface area contributed by atoms with Crippen LogP contribution in [0, 0.1) is 0 Å². The van der Waals surface area contributed by atoms with Crippen molar-refractivity contribution in [3.05, 3.63) is 27.7 Å². The first kappa shape index (κ1) is 11.1. The summed E-state index contributed by atoms with van der Waals surface area (Å²) < 4.78 is 0.928. The van der Waals surface area contributed by atoms with Crippen molar-refractivity contribution in [3.63, 3.8) is 0 Å². The second-order valence-electron chi connectivity index (χ2n) is 4.80. The minimum Gasteiger partial charge on any atom is -0.478 e. The molecule has 0 radical (unpaired) electrons. The number of anilines is 1. The van der Waals surface area contributed by atoms with Gasteiger partial charge in [0.1, 0.15) is 0 Å². The summed E-state index contributed by atoms with van der Waals surface area (Å²) in [5.74, 6) is -0.851. The number of carboxylic acid groups (broad SMARTS) is 1. The van der Waals surface area contributed by atoms with Crippen molar-refractivity contribution in [1.82, 2.24) is 0 Å². The smallest absolute Gasteiger partial charge is 0.335 e. The zero-order valence-electron chi connectivity index (χ0n) is 9.45. The lowest BCUT2D eigenvalue weighted by atomic mass is 9.91. The third kappa shape index (κ3) is 1.75. The Morgan fingerprint density at radius 2 is 2.18 bits per heavy atom. The van der Waals surface area contributed by atoms with Crippen LogP contribution in [-0.4, -0.2) is 23.7 Å². The third-order valence-corrected chi connectivity index (χ3v) is 4.42. The van der Waals surface area contributed by atoms with Gasteiger partial charge >= 0.3 is 5.97 Å².